The fourth-order valence-corrected chi connectivity index (χ4v) is 2.69. The second kappa shape index (κ2) is 6.32. The third kappa shape index (κ3) is 3.36. The van der Waals surface area contributed by atoms with Crippen molar-refractivity contribution >= 4 is 15.9 Å². The highest BCUT2D eigenvalue weighted by Gasteiger charge is 2.10. The van der Waals surface area contributed by atoms with Crippen molar-refractivity contribution in [3.8, 4) is 17.1 Å². The summed E-state index contributed by atoms with van der Waals surface area (Å²) in [5, 5.41) is 4.00. The smallest absolute Gasteiger partial charge is 0.264 e. The van der Waals surface area contributed by atoms with Gasteiger partial charge in [0.2, 0.25) is 5.82 Å². The zero-order valence-electron chi connectivity index (χ0n) is 12.3. The molecule has 0 saturated heterocycles. The molecule has 0 aliphatic carbocycles. The number of hydrogen-bond acceptors (Lipinski definition) is 4. The van der Waals surface area contributed by atoms with Crippen LogP contribution in [-0.4, -0.2) is 10.1 Å². The molecule has 22 heavy (non-hydrogen) atoms. The summed E-state index contributed by atoms with van der Waals surface area (Å²) in [6.45, 7) is 4.30. The van der Waals surface area contributed by atoms with Crippen molar-refractivity contribution in [2.75, 3.05) is 0 Å². The van der Waals surface area contributed by atoms with Crippen LogP contribution in [0.4, 0.5) is 0 Å². The SMILES string of the molecule is Cc1cccc(-c2noc(COc3ccc(C)cc3Br)n2)c1. The van der Waals surface area contributed by atoms with E-state index in [0.717, 1.165) is 21.3 Å². The molecule has 0 aliphatic heterocycles. The lowest BCUT2D eigenvalue weighted by atomic mass is 10.1. The van der Waals surface area contributed by atoms with Gasteiger partial charge < -0.3 is 9.26 Å². The molecule has 0 bridgehead atoms. The highest BCUT2D eigenvalue weighted by molar-refractivity contribution is 9.10. The Morgan fingerprint density at radius 2 is 1.91 bits per heavy atom. The van der Waals surface area contributed by atoms with Gasteiger partial charge in [0.05, 0.1) is 4.47 Å². The Hall–Kier alpha value is -2.14. The summed E-state index contributed by atoms with van der Waals surface area (Å²) in [7, 11) is 0. The van der Waals surface area contributed by atoms with Crippen LogP contribution in [0.15, 0.2) is 51.5 Å². The van der Waals surface area contributed by atoms with E-state index in [0.29, 0.717) is 11.7 Å². The molecule has 1 heterocycles. The van der Waals surface area contributed by atoms with Gasteiger partial charge in [0, 0.05) is 5.56 Å². The third-order valence-electron chi connectivity index (χ3n) is 3.18. The molecule has 112 valence electrons. The maximum absolute atomic E-state index is 5.71. The molecule has 0 spiro atoms. The summed E-state index contributed by atoms with van der Waals surface area (Å²) in [4.78, 5) is 4.37. The zero-order valence-corrected chi connectivity index (χ0v) is 13.9. The van der Waals surface area contributed by atoms with E-state index in [1.54, 1.807) is 0 Å². The summed E-state index contributed by atoms with van der Waals surface area (Å²) in [5.41, 5.74) is 3.26. The van der Waals surface area contributed by atoms with E-state index in [4.69, 9.17) is 9.26 Å². The van der Waals surface area contributed by atoms with Gasteiger partial charge in [-0.1, -0.05) is 35.0 Å². The van der Waals surface area contributed by atoms with E-state index >= 15 is 0 Å². The number of aromatic nitrogens is 2. The first kappa shape index (κ1) is 14.8. The van der Waals surface area contributed by atoms with Crippen LogP contribution in [-0.2, 0) is 6.61 Å². The predicted octanol–water partition coefficient (Wildman–Crippen LogP) is 4.69. The van der Waals surface area contributed by atoms with Gasteiger partial charge in [-0.25, -0.2) is 0 Å². The molecule has 0 radical (unpaired) electrons. The van der Waals surface area contributed by atoms with Gasteiger partial charge in [-0.3, -0.25) is 0 Å². The minimum Gasteiger partial charge on any atom is -0.483 e. The zero-order chi connectivity index (χ0) is 15.5. The lowest BCUT2D eigenvalue weighted by Crippen LogP contribution is -1.96. The molecule has 3 aromatic rings. The molecule has 3 rings (SSSR count). The van der Waals surface area contributed by atoms with Crippen LogP contribution >= 0.6 is 15.9 Å². The molecule has 0 atom stereocenters. The largest absolute Gasteiger partial charge is 0.483 e. The molecule has 0 amide bonds. The minimum atomic E-state index is 0.237. The molecule has 0 fully saturated rings. The highest BCUT2D eigenvalue weighted by Crippen LogP contribution is 2.26. The maximum atomic E-state index is 5.71. The van der Waals surface area contributed by atoms with Gasteiger partial charge in [0.1, 0.15) is 5.75 Å². The molecule has 4 nitrogen and oxygen atoms in total. The summed E-state index contributed by atoms with van der Waals surface area (Å²) in [6.07, 6.45) is 0. The van der Waals surface area contributed by atoms with E-state index in [1.807, 2.05) is 56.3 Å². The quantitative estimate of drug-likeness (QED) is 0.678. The molecule has 0 N–H and O–H groups in total. The van der Waals surface area contributed by atoms with Gasteiger partial charge >= 0.3 is 0 Å². The Morgan fingerprint density at radius 1 is 1.09 bits per heavy atom. The van der Waals surface area contributed by atoms with E-state index in [2.05, 4.69) is 26.1 Å². The minimum absolute atomic E-state index is 0.237. The second-order valence-corrected chi connectivity index (χ2v) is 5.96. The summed E-state index contributed by atoms with van der Waals surface area (Å²) in [5.74, 6) is 1.77. The van der Waals surface area contributed by atoms with Gasteiger partial charge in [-0.15, -0.1) is 0 Å². The number of hydrogen-bond donors (Lipinski definition) is 0. The standard InChI is InChI=1S/C17H15BrN2O2/c1-11-4-3-5-13(8-11)17-19-16(22-20-17)10-21-15-7-6-12(2)9-14(15)18/h3-9H,10H2,1-2H3. The number of halogens is 1. The Morgan fingerprint density at radius 3 is 2.68 bits per heavy atom. The highest BCUT2D eigenvalue weighted by atomic mass is 79.9. The molecule has 0 unspecified atom stereocenters. The van der Waals surface area contributed by atoms with Crippen LogP contribution in [0, 0.1) is 13.8 Å². The average Bonchev–Trinajstić information content (AvgIpc) is 2.95. The van der Waals surface area contributed by atoms with Crippen molar-refractivity contribution < 1.29 is 9.26 Å². The summed E-state index contributed by atoms with van der Waals surface area (Å²) < 4.78 is 11.9. The van der Waals surface area contributed by atoms with Gasteiger partial charge in [-0.05, 0) is 53.5 Å². The normalized spacial score (nSPS) is 10.7. The van der Waals surface area contributed by atoms with E-state index in [9.17, 15) is 0 Å². The predicted molar refractivity (Wildman–Crippen MR) is 87.7 cm³/mol. The second-order valence-electron chi connectivity index (χ2n) is 5.10. The Labute approximate surface area is 137 Å². The van der Waals surface area contributed by atoms with Crippen molar-refractivity contribution in [1.29, 1.82) is 0 Å². The fraction of sp³-hybridized carbons (Fsp3) is 0.176. The molecule has 5 heteroatoms. The first-order chi connectivity index (χ1) is 10.6. The van der Waals surface area contributed by atoms with Crippen LogP contribution in [0.5, 0.6) is 5.75 Å². The van der Waals surface area contributed by atoms with Gasteiger partial charge in [0.25, 0.3) is 5.89 Å². The molecule has 0 aliphatic rings. The Kier molecular flexibility index (Phi) is 4.24. The molecular formula is C17H15BrN2O2. The molecule has 1 aromatic heterocycles. The van der Waals surface area contributed by atoms with Gasteiger partial charge in [-0.2, -0.15) is 4.98 Å². The van der Waals surface area contributed by atoms with Crippen molar-refractivity contribution in [2.24, 2.45) is 0 Å². The molecule has 2 aromatic carbocycles. The van der Waals surface area contributed by atoms with E-state index < -0.39 is 0 Å². The molecular weight excluding hydrogens is 344 g/mol. The van der Waals surface area contributed by atoms with Crippen LogP contribution in [0.3, 0.4) is 0 Å². The number of ether oxygens (including phenoxy) is 1. The van der Waals surface area contributed by atoms with Crippen LogP contribution < -0.4 is 4.74 Å². The first-order valence-corrected chi connectivity index (χ1v) is 7.70. The van der Waals surface area contributed by atoms with Crippen molar-refractivity contribution in [3.05, 3.63) is 64.0 Å². The third-order valence-corrected chi connectivity index (χ3v) is 3.80. The lowest BCUT2D eigenvalue weighted by Gasteiger charge is -2.06. The van der Waals surface area contributed by atoms with E-state index in [-0.39, 0.29) is 6.61 Å². The lowest BCUT2D eigenvalue weighted by molar-refractivity contribution is 0.242. The van der Waals surface area contributed by atoms with Crippen LogP contribution in [0.1, 0.15) is 17.0 Å². The summed E-state index contributed by atoms with van der Waals surface area (Å²) >= 11 is 3.48. The average molecular weight is 359 g/mol. The summed E-state index contributed by atoms with van der Waals surface area (Å²) in [6, 6.07) is 13.9. The van der Waals surface area contributed by atoms with Crippen molar-refractivity contribution in [3.63, 3.8) is 0 Å². The number of benzene rings is 2. The fourth-order valence-electron chi connectivity index (χ4n) is 2.08. The van der Waals surface area contributed by atoms with Crippen molar-refractivity contribution in [2.45, 2.75) is 20.5 Å². The van der Waals surface area contributed by atoms with Crippen LogP contribution in [0.2, 0.25) is 0 Å². The Balaban J connectivity index is 1.72. The maximum Gasteiger partial charge on any atom is 0.264 e. The number of rotatable bonds is 4. The van der Waals surface area contributed by atoms with Crippen LogP contribution in [0.25, 0.3) is 11.4 Å². The number of nitrogens with zero attached hydrogens (tertiary/aromatic N) is 2. The number of aryl methyl sites for hydroxylation is 2. The van der Waals surface area contributed by atoms with E-state index in [1.165, 1.54) is 5.56 Å². The Bertz CT molecular complexity index is 799. The van der Waals surface area contributed by atoms with Gasteiger partial charge in [0.15, 0.2) is 6.61 Å². The monoisotopic (exact) mass is 358 g/mol. The molecule has 0 saturated carbocycles. The topological polar surface area (TPSA) is 48.2 Å². The van der Waals surface area contributed by atoms with Crippen molar-refractivity contribution in [1.82, 2.24) is 10.1 Å². The first-order valence-electron chi connectivity index (χ1n) is 6.90.